The minimum absolute atomic E-state index is 0.154. The molecule has 1 fully saturated rings. The molecular formula is C20H27N3O3. The molecule has 140 valence electrons. The second-order valence-corrected chi connectivity index (χ2v) is 6.85. The van der Waals surface area contributed by atoms with Gasteiger partial charge in [-0.15, -0.1) is 0 Å². The number of benzene rings is 1. The van der Waals surface area contributed by atoms with Crippen LogP contribution in [0.5, 0.6) is 5.75 Å². The van der Waals surface area contributed by atoms with Crippen molar-refractivity contribution in [3.63, 3.8) is 0 Å². The SMILES string of the molecule is CCOc1ccc(C2CCCN2C(=O)CN(C)Cc2cc(C)on2)cc1. The second kappa shape index (κ2) is 8.36. The van der Waals surface area contributed by atoms with Crippen LogP contribution in [0.2, 0.25) is 0 Å². The lowest BCUT2D eigenvalue weighted by molar-refractivity contribution is -0.133. The Morgan fingerprint density at radius 1 is 1.38 bits per heavy atom. The lowest BCUT2D eigenvalue weighted by atomic mass is 10.0. The van der Waals surface area contributed by atoms with E-state index >= 15 is 0 Å². The van der Waals surface area contributed by atoms with E-state index in [0.29, 0.717) is 19.7 Å². The summed E-state index contributed by atoms with van der Waals surface area (Å²) in [5.41, 5.74) is 2.02. The third-order valence-corrected chi connectivity index (χ3v) is 4.66. The topological polar surface area (TPSA) is 58.8 Å². The van der Waals surface area contributed by atoms with Crippen molar-refractivity contribution in [3.8, 4) is 5.75 Å². The Kier molecular flexibility index (Phi) is 5.93. The number of aromatic nitrogens is 1. The predicted octanol–water partition coefficient (Wildman–Crippen LogP) is 3.18. The molecule has 0 spiro atoms. The number of rotatable bonds is 7. The first kappa shape index (κ1) is 18.5. The zero-order chi connectivity index (χ0) is 18.5. The van der Waals surface area contributed by atoms with Crippen molar-refractivity contribution in [2.75, 3.05) is 26.7 Å². The number of ether oxygens (including phenoxy) is 1. The molecule has 6 heteroatoms. The van der Waals surface area contributed by atoms with Gasteiger partial charge in [0, 0.05) is 19.2 Å². The Balaban J connectivity index is 1.60. The molecule has 1 unspecified atom stereocenters. The van der Waals surface area contributed by atoms with Gasteiger partial charge in [0.2, 0.25) is 5.91 Å². The van der Waals surface area contributed by atoms with Crippen molar-refractivity contribution in [2.24, 2.45) is 0 Å². The molecule has 1 atom stereocenters. The minimum atomic E-state index is 0.154. The van der Waals surface area contributed by atoms with E-state index in [2.05, 4.69) is 17.3 Å². The molecule has 1 saturated heterocycles. The van der Waals surface area contributed by atoms with Crippen molar-refractivity contribution in [1.29, 1.82) is 0 Å². The number of hydrogen-bond acceptors (Lipinski definition) is 5. The van der Waals surface area contributed by atoms with E-state index in [-0.39, 0.29) is 11.9 Å². The molecule has 0 radical (unpaired) electrons. The van der Waals surface area contributed by atoms with Crippen LogP contribution in [0.25, 0.3) is 0 Å². The number of likely N-dealkylation sites (tertiary alicyclic amines) is 1. The number of hydrogen-bond donors (Lipinski definition) is 0. The van der Waals surface area contributed by atoms with Crippen molar-refractivity contribution < 1.29 is 14.1 Å². The van der Waals surface area contributed by atoms with Gasteiger partial charge >= 0.3 is 0 Å². The molecule has 26 heavy (non-hydrogen) atoms. The molecule has 2 heterocycles. The van der Waals surface area contributed by atoms with Crippen molar-refractivity contribution in [3.05, 3.63) is 47.3 Å². The van der Waals surface area contributed by atoms with Crippen LogP contribution in [0.3, 0.4) is 0 Å². The van der Waals surface area contributed by atoms with Gasteiger partial charge in [0.25, 0.3) is 0 Å². The van der Waals surface area contributed by atoms with Gasteiger partial charge in [0.15, 0.2) is 0 Å². The maximum atomic E-state index is 12.8. The summed E-state index contributed by atoms with van der Waals surface area (Å²) in [6, 6.07) is 10.2. The largest absolute Gasteiger partial charge is 0.494 e. The van der Waals surface area contributed by atoms with E-state index in [1.54, 1.807) is 0 Å². The highest BCUT2D eigenvalue weighted by Crippen LogP contribution is 2.32. The quantitative estimate of drug-likeness (QED) is 0.762. The number of carbonyl (C=O) groups excluding carboxylic acids is 1. The summed E-state index contributed by atoms with van der Waals surface area (Å²) in [7, 11) is 1.93. The highest BCUT2D eigenvalue weighted by Gasteiger charge is 2.30. The number of amides is 1. The summed E-state index contributed by atoms with van der Waals surface area (Å²) < 4.78 is 10.6. The minimum Gasteiger partial charge on any atom is -0.494 e. The standard InChI is InChI=1S/C20H27N3O3/c1-4-25-18-9-7-16(8-10-18)19-6-5-11-23(19)20(24)14-22(3)13-17-12-15(2)26-21-17/h7-10,12,19H,4-6,11,13-14H2,1-3H3. The van der Waals surface area contributed by atoms with E-state index in [1.807, 2.05) is 48.9 Å². The first-order valence-corrected chi connectivity index (χ1v) is 9.19. The molecule has 2 aromatic rings. The normalized spacial score (nSPS) is 17.1. The summed E-state index contributed by atoms with van der Waals surface area (Å²) in [5.74, 6) is 1.81. The van der Waals surface area contributed by atoms with Crippen molar-refractivity contribution >= 4 is 5.91 Å². The van der Waals surface area contributed by atoms with Gasteiger partial charge in [-0.2, -0.15) is 0 Å². The Morgan fingerprint density at radius 3 is 2.81 bits per heavy atom. The lowest BCUT2D eigenvalue weighted by Gasteiger charge is -2.27. The Hall–Kier alpha value is -2.34. The number of carbonyl (C=O) groups is 1. The van der Waals surface area contributed by atoms with Crippen molar-refractivity contribution in [1.82, 2.24) is 15.0 Å². The number of aryl methyl sites for hydroxylation is 1. The molecule has 1 aromatic heterocycles. The summed E-state index contributed by atoms with van der Waals surface area (Å²) in [4.78, 5) is 16.8. The smallest absolute Gasteiger partial charge is 0.237 e. The highest BCUT2D eigenvalue weighted by molar-refractivity contribution is 5.79. The van der Waals surface area contributed by atoms with Crippen LogP contribution in [0.1, 0.15) is 42.8 Å². The van der Waals surface area contributed by atoms with Crippen LogP contribution in [0.15, 0.2) is 34.9 Å². The lowest BCUT2D eigenvalue weighted by Crippen LogP contribution is -2.38. The molecule has 0 aliphatic carbocycles. The fraction of sp³-hybridized carbons (Fsp3) is 0.500. The van der Waals surface area contributed by atoms with E-state index < -0.39 is 0 Å². The molecule has 1 aromatic carbocycles. The van der Waals surface area contributed by atoms with Crippen LogP contribution in [-0.2, 0) is 11.3 Å². The highest BCUT2D eigenvalue weighted by atomic mass is 16.5. The number of nitrogens with zero attached hydrogens (tertiary/aromatic N) is 3. The average Bonchev–Trinajstić information content (AvgIpc) is 3.25. The monoisotopic (exact) mass is 357 g/mol. The molecule has 1 amide bonds. The Labute approximate surface area is 154 Å². The zero-order valence-corrected chi connectivity index (χ0v) is 15.8. The Bertz CT molecular complexity index is 726. The van der Waals surface area contributed by atoms with E-state index in [0.717, 1.165) is 36.6 Å². The summed E-state index contributed by atoms with van der Waals surface area (Å²) >= 11 is 0. The molecule has 0 bridgehead atoms. The molecule has 1 aliphatic rings. The molecular weight excluding hydrogens is 330 g/mol. The van der Waals surface area contributed by atoms with Crippen LogP contribution < -0.4 is 4.74 Å². The van der Waals surface area contributed by atoms with Gasteiger partial charge in [-0.3, -0.25) is 9.69 Å². The molecule has 3 rings (SSSR count). The van der Waals surface area contributed by atoms with Crippen LogP contribution in [0.4, 0.5) is 0 Å². The van der Waals surface area contributed by atoms with Gasteiger partial charge in [0.1, 0.15) is 11.5 Å². The molecule has 1 aliphatic heterocycles. The summed E-state index contributed by atoms with van der Waals surface area (Å²) in [6.07, 6.45) is 2.04. The fourth-order valence-corrected chi connectivity index (χ4v) is 3.51. The zero-order valence-electron chi connectivity index (χ0n) is 15.8. The predicted molar refractivity (Wildman–Crippen MR) is 98.9 cm³/mol. The molecule has 0 saturated carbocycles. The molecule has 6 nitrogen and oxygen atoms in total. The molecule has 0 N–H and O–H groups in total. The van der Waals surface area contributed by atoms with Crippen LogP contribution in [-0.4, -0.2) is 47.6 Å². The average molecular weight is 357 g/mol. The van der Waals surface area contributed by atoms with Gasteiger partial charge in [0.05, 0.1) is 24.9 Å². The first-order valence-electron chi connectivity index (χ1n) is 9.19. The number of likely N-dealkylation sites (N-methyl/N-ethyl adjacent to an activating group) is 1. The third-order valence-electron chi connectivity index (χ3n) is 4.66. The van der Waals surface area contributed by atoms with Crippen LogP contribution in [0, 0.1) is 6.92 Å². The summed E-state index contributed by atoms with van der Waals surface area (Å²) in [6.45, 7) is 6.29. The van der Waals surface area contributed by atoms with Gasteiger partial charge in [-0.25, -0.2) is 0 Å². The fourth-order valence-electron chi connectivity index (χ4n) is 3.51. The maximum absolute atomic E-state index is 12.8. The van der Waals surface area contributed by atoms with E-state index in [9.17, 15) is 4.79 Å². The Morgan fingerprint density at radius 2 is 2.15 bits per heavy atom. The van der Waals surface area contributed by atoms with Gasteiger partial charge in [-0.05, 0) is 51.4 Å². The van der Waals surface area contributed by atoms with Crippen LogP contribution >= 0.6 is 0 Å². The maximum Gasteiger partial charge on any atom is 0.237 e. The second-order valence-electron chi connectivity index (χ2n) is 6.85. The van der Waals surface area contributed by atoms with Gasteiger partial charge in [-0.1, -0.05) is 17.3 Å². The van der Waals surface area contributed by atoms with E-state index in [1.165, 1.54) is 5.56 Å². The van der Waals surface area contributed by atoms with Crippen molar-refractivity contribution in [2.45, 2.75) is 39.3 Å². The third kappa shape index (κ3) is 4.43. The first-order chi connectivity index (χ1) is 12.6. The van der Waals surface area contributed by atoms with Gasteiger partial charge < -0.3 is 14.2 Å². The summed E-state index contributed by atoms with van der Waals surface area (Å²) in [5, 5.41) is 3.99. The van der Waals surface area contributed by atoms with E-state index in [4.69, 9.17) is 9.26 Å².